The van der Waals surface area contributed by atoms with Crippen LogP contribution in [-0.2, 0) is 19.1 Å². The van der Waals surface area contributed by atoms with Crippen LogP contribution in [0.4, 0.5) is 0 Å². The Morgan fingerprint density at radius 1 is 1.39 bits per heavy atom. The third-order valence-corrected chi connectivity index (χ3v) is 3.03. The third kappa shape index (κ3) is 2.27. The molecule has 94 valence electrons. The van der Waals surface area contributed by atoms with Crippen molar-refractivity contribution < 1.29 is 19.1 Å². The molecule has 4 heteroatoms. The van der Waals surface area contributed by atoms with Crippen LogP contribution in [0.3, 0.4) is 0 Å². The second-order valence-corrected chi connectivity index (χ2v) is 4.14. The molecule has 4 nitrogen and oxygen atoms in total. The first kappa shape index (κ1) is 12.4. The molecule has 1 heterocycles. The summed E-state index contributed by atoms with van der Waals surface area (Å²) < 4.78 is 9.84. The molecular formula is C14H14O4. The average molecular weight is 246 g/mol. The third-order valence-electron chi connectivity index (χ3n) is 3.03. The number of cyclic esters (lactones) is 1. The maximum atomic E-state index is 11.7. The predicted octanol–water partition coefficient (Wildman–Crippen LogP) is 2.02. The van der Waals surface area contributed by atoms with Crippen molar-refractivity contribution in [1.29, 1.82) is 0 Å². The average Bonchev–Trinajstić information content (AvgIpc) is 2.80. The number of rotatable bonds is 3. The standard InChI is InChI=1S/C14H14O4/c1-9(13(15)17-2)11-8-12(18-14(11)16)10-6-4-3-5-7-10/h3-7,11-12H,1,8H2,2H3/t11-,12+/m0/s1. The van der Waals surface area contributed by atoms with Gasteiger partial charge in [0.2, 0.25) is 0 Å². The fourth-order valence-corrected chi connectivity index (χ4v) is 2.01. The second kappa shape index (κ2) is 5.04. The fraction of sp³-hybridized carbons (Fsp3) is 0.286. The Morgan fingerprint density at radius 3 is 2.67 bits per heavy atom. The fourth-order valence-electron chi connectivity index (χ4n) is 2.01. The zero-order valence-electron chi connectivity index (χ0n) is 10.1. The number of ether oxygens (including phenoxy) is 2. The highest BCUT2D eigenvalue weighted by molar-refractivity contribution is 5.95. The number of methoxy groups -OCH3 is 1. The van der Waals surface area contributed by atoms with Crippen LogP contribution in [0.5, 0.6) is 0 Å². The van der Waals surface area contributed by atoms with E-state index < -0.39 is 17.9 Å². The Hall–Kier alpha value is -2.10. The van der Waals surface area contributed by atoms with Gasteiger partial charge in [-0.1, -0.05) is 36.9 Å². The van der Waals surface area contributed by atoms with Crippen LogP contribution in [0.15, 0.2) is 42.5 Å². The lowest BCUT2D eigenvalue weighted by atomic mass is 9.94. The lowest BCUT2D eigenvalue weighted by molar-refractivity contribution is -0.146. The van der Waals surface area contributed by atoms with E-state index >= 15 is 0 Å². The van der Waals surface area contributed by atoms with Crippen LogP contribution in [-0.4, -0.2) is 19.0 Å². The lowest BCUT2D eigenvalue weighted by Crippen LogP contribution is -2.17. The molecule has 0 unspecified atom stereocenters. The molecular weight excluding hydrogens is 232 g/mol. The molecule has 0 aromatic heterocycles. The van der Waals surface area contributed by atoms with Gasteiger partial charge in [-0.3, -0.25) is 4.79 Å². The zero-order valence-corrected chi connectivity index (χ0v) is 10.1. The second-order valence-electron chi connectivity index (χ2n) is 4.14. The summed E-state index contributed by atoms with van der Waals surface area (Å²) in [5.74, 6) is -1.59. The maximum absolute atomic E-state index is 11.7. The number of carbonyl (C=O) groups excluding carboxylic acids is 2. The highest BCUT2D eigenvalue weighted by atomic mass is 16.6. The van der Waals surface area contributed by atoms with E-state index in [2.05, 4.69) is 11.3 Å². The highest BCUT2D eigenvalue weighted by Crippen LogP contribution is 2.36. The summed E-state index contributed by atoms with van der Waals surface area (Å²) in [6, 6.07) is 9.44. The summed E-state index contributed by atoms with van der Waals surface area (Å²) in [4.78, 5) is 23.1. The number of carbonyl (C=O) groups is 2. The Labute approximate surface area is 105 Å². The molecule has 18 heavy (non-hydrogen) atoms. The number of benzene rings is 1. The van der Waals surface area contributed by atoms with Crippen molar-refractivity contribution in [3.8, 4) is 0 Å². The molecule has 1 saturated heterocycles. The van der Waals surface area contributed by atoms with Gasteiger partial charge < -0.3 is 9.47 Å². The van der Waals surface area contributed by atoms with Crippen molar-refractivity contribution in [2.24, 2.45) is 5.92 Å². The lowest BCUT2D eigenvalue weighted by Gasteiger charge is -2.08. The van der Waals surface area contributed by atoms with Crippen LogP contribution < -0.4 is 0 Å². The molecule has 0 bridgehead atoms. The zero-order chi connectivity index (χ0) is 13.1. The molecule has 1 aromatic rings. The van der Waals surface area contributed by atoms with Gasteiger partial charge in [0.25, 0.3) is 0 Å². The Balaban J connectivity index is 2.12. The first-order valence-corrected chi connectivity index (χ1v) is 5.66. The molecule has 1 aromatic carbocycles. The van der Waals surface area contributed by atoms with Crippen molar-refractivity contribution >= 4 is 11.9 Å². The minimum Gasteiger partial charge on any atom is -0.466 e. The SMILES string of the molecule is C=C(C(=O)OC)[C@@H]1C[C@H](c2ccccc2)OC1=O. The van der Waals surface area contributed by atoms with E-state index in [1.54, 1.807) is 0 Å². The molecule has 2 atom stereocenters. The van der Waals surface area contributed by atoms with Crippen LogP contribution in [0.1, 0.15) is 18.1 Å². The molecule has 2 rings (SSSR count). The smallest absolute Gasteiger partial charge is 0.334 e. The molecule has 1 aliphatic rings. The topological polar surface area (TPSA) is 52.6 Å². The van der Waals surface area contributed by atoms with Crippen LogP contribution in [0.25, 0.3) is 0 Å². The number of esters is 2. The van der Waals surface area contributed by atoms with Crippen LogP contribution in [0.2, 0.25) is 0 Å². The van der Waals surface area contributed by atoms with Crippen molar-refractivity contribution in [3.63, 3.8) is 0 Å². The van der Waals surface area contributed by atoms with Crippen LogP contribution >= 0.6 is 0 Å². The normalized spacial score (nSPS) is 22.4. The largest absolute Gasteiger partial charge is 0.466 e. The molecule has 1 fully saturated rings. The first-order chi connectivity index (χ1) is 8.63. The van der Waals surface area contributed by atoms with E-state index in [1.807, 2.05) is 30.3 Å². The van der Waals surface area contributed by atoms with E-state index in [0.717, 1.165) is 5.56 Å². The van der Waals surface area contributed by atoms with Gasteiger partial charge in [-0.2, -0.15) is 0 Å². The molecule has 0 saturated carbocycles. The van der Waals surface area contributed by atoms with Gasteiger partial charge in [0.15, 0.2) is 0 Å². The summed E-state index contributed by atoms with van der Waals surface area (Å²) in [6.45, 7) is 3.61. The van der Waals surface area contributed by atoms with Crippen molar-refractivity contribution in [2.75, 3.05) is 7.11 Å². The van der Waals surface area contributed by atoms with Gasteiger partial charge in [-0.15, -0.1) is 0 Å². The van der Waals surface area contributed by atoms with Crippen molar-refractivity contribution in [2.45, 2.75) is 12.5 Å². The Bertz CT molecular complexity index is 478. The summed E-state index contributed by atoms with van der Waals surface area (Å²) in [5.41, 5.74) is 1.08. The maximum Gasteiger partial charge on any atom is 0.334 e. The summed E-state index contributed by atoms with van der Waals surface area (Å²) in [5, 5.41) is 0. The first-order valence-electron chi connectivity index (χ1n) is 5.66. The number of hydrogen-bond acceptors (Lipinski definition) is 4. The number of hydrogen-bond donors (Lipinski definition) is 0. The molecule has 0 amide bonds. The van der Waals surface area contributed by atoms with Gasteiger partial charge in [-0.25, -0.2) is 4.79 Å². The minimum atomic E-state index is -0.609. The quantitative estimate of drug-likeness (QED) is 0.604. The monoisotopic (exact) mass is 246 g/mol. The highest BCUT2D eigenvalue weighted by Gasteiger charge is 2.39. The van der Waals surface area contributed by atoms with E-state index in [0.29, 0.717) is 6.42 Å². The van der Waals surface area contributed by atoms with Gasteiger partial charge in [0, 0.05) is 12.0 Å². The van der Waals surface area contributed by atoms with Gasteiger partial charge in [0.1, 0.15) is 6.10 Å². The molecule has 0 radical (unpaired) electrons. The Kier molecular flexibility index (Phi) is 3.46. The van der Waals surface area contributed by atoms with Gasteiger partial charge in [-0.05, 0) is 5.56 Å². The minimum absolute atomic E-state index is 0.154. The van der Waals surface area contributed by atoms with Crippen molar-refractivity contribution in [3.05, 3.63) is 48.0 Å². The molecule has 0 N–H and O–H groups in total. The summed E-state index contributed by atoms with van der Waals surface area (Å²) in [7, 11) is 1.27. The van der Waals surface area contributed by atoms with E-state index in [4.69, 9.17) is 4.74 Å². The summed E-state index contributed by atoms with van der Waals surface area (Å²) in [6.07, 6.45) is 0.113. The van der Waals surface area contributed by atoms with Crippen molar-refractivity contribution in [1.82, 2.24) is 0 Å². The summed E-state index contributed by atoms with van der Waals surface area (Å²) >= 11 is 0. The molecule has 1 aliphatic heterocycles. The van der Waals surface area contributed by atoms with E-state index in [-0.39, 0.29) is 11.7 Å². The molecule has 0 aliphatic carbocycles. The van der Waals surface area contributed by atoms with Gasteiger partial charge in [0.05, 0.1) is 13.0 Å². The van der Waals surface area contributed by atoms with Gasteiger partial charge >= 0.3 is 11.9 Å². The molecule has 0 spiro atoms. The van der Waals surface area contributed by atoms with E-state index in [9.17, 15) is 9.59 Å². The van der Waals surface area contributed by atoms with Crippen LogP contribution in [0, 0.1) is 5.92 Å². The Morgan fingerprint density at radius 2 is 2.06 bits per heavy atom. The van der Waals surface area contributed by atoms with E-state index in [1.165, 1.54) is 7.11 Å². The predicted molar refractivity (Wildman–Crippen MR) is 64.5 cm³/mol.